The van der Waals surface area contributed by atoms with Crippen molar-refractivity contribution in [1.82, 2.24) is 0 Å². The summed E-state index contributed by atoms with van der Waals surface area (Å²) in [5.74, 6) is -0.760. The first-order valence-corrected chi connectivity index (χ1v) is 18.6. The highest BCUT2D eigenvalue weighted by Gasteiger charge is 2.48. The molecular formula is C42H58O14. The Bertz CT molecular complexity index is 1500. The van der Waals surface area contributed by atoms with Gasteiger partial charge in [0.2, 0.25) is 5.79 Å². The van der Waals surface area contributed by atoms with Crippen LogP contribution < -0.4 is 14.2 Å². The first-order chi connectivity index (χ1) is 26.5. The Labute approximate surface area is 329 Å². The van der Waals surface area contributed by atoms with Gasteiger partial charge in [0.15, 0.2) is 11.6 Å². The van der Waals surface area contributed by atoms with E-state index in [1.807, 2.05) is 0 Å². The number of ketones is 2. The number of rotatable bonds is 28. The fourth-order valence-corrected chi connectivity index (χ4v) is 5.31. The molecule has 3 aromatic carbocycles. The van der Waals surface area contributed by atoms with Crippen molar-refractivity contribution in [3.63, 3.8) is 0 Å². The Hall–Kier alpha value is -3.96. The van der Waals surface area contributed by atoms with E-state index in [1.165, 1.54) is 27.7 Å². The molecule has 4 N–H and O–H groups in total. The fraction of sp³-hybridized carbons (Fsp3) is 0.524. The highest BCUT2D eigenvalue weighted by molar-refractivity contribution is 6.02. The van der Waals surface area contributed by atoms with Gasteiger partial charge in [-0.3, -0.25) is 9.59 Å². The Balaban J connectivity index is 1.55. The maximum Gasteiger partial charge on any atom is 0.224 e. The molecule has 310 valence electrons. The molecule has 0 bridgehead atoms. The van der Waals surface area contributed by atoms with E-state index in [0.717, 1.165) is 0 Å². The molecular weight excluding hydrogens is 728 g/mol. The lowest BCUT2D eigenvalue weighted by Gasteiger charge is -2.43. The normalized spacial score (nSPS) is 12.4. The quantitative estimate of drug-likeness (QED) is 0.0467. The van der Waals surface area contributed by atoms with Crippen molar-refractivity contribution in [2.45, 2.75) is 64.1 Å². The first-order valence-electron chi connectivity index (χ1n) is 18.6. The molecule has 0 saturated carbocycles. The minimum atomic E-state index is -1.64. The first kappa shape index (κ1) is 46.4. The monoisotopic (exact) mass is 786 g/mol. The van der Waals surface area contributed by atoms with E-state index in [0.29, 0.717) is 40.5 Å². The van der Waals surface area contributed by atoms with Crippen molar-refractivity contribution in [3.8, 4) is 17.2 Å². The smallest absolute Gasteiger partial charge is 0.224 e. The number of aliphatic hydroxyl groups excluding tert-OH is 1. The summed E-state index contributed by atoms with van der Waals surface area (Å²) in [4.78, 5) is 24.5. The van der Waals surface area contributed by atoms with E-state index in [9.17, 15) is 24.9 Å². The molecule has 0 saturated heterocycles. The van der Waals surface area contributed by atoms with Crippen molar-refractivity contribution in [1.29, 1.82) is 0 Å². The second kappa shape index (κ2) is 22.1. The van der Waals surface area contributed by atoms with Crippen molar-refractivity contribution in [2.24, 2.45) is 0 Å². The van der Waals surface area contributed by atoms with Gasteiger partial charge in [-0.2, -0.15) is 0 Å². The molecule has 0 heterocycles. The Morgan fingerprint density at radius 1 is 0.464 bits per heavy atom. The molecule has 0 spiro atoms. The van der Waals surface area contributed by atoms with E-state index in [2.05, 4.69) is 0 Å². The van der Waals surface area contributed by atoms with Crippen molar-refractivity contribution in [3.05, 3.63) is 89.5 Å². The average molecular weight is 787 g/mol. The molecule has 0 fully saturated rings. The van der Waals surface area contributed by atoms with Crippen LogP contribution in [-0.2, 0) is 29.5 Å². The van der Waals surface area contributed by atoms with Crippen molar-refractivity contribution >= 4 is 11.6 Å². The van der Waals surface area contributed by atoms with Crippen LogP contribution in [-0.4, -0.2) is 128 Å². The van der Waals surface area contributed by atoms with Crippen LogP contribution in [0.25, 0.3) is 0 Å². The number of Topliss-reactive ketones (excluding diaryl/α,β-unsaturated/α-hetero) is 2. The Morgan fingerprint density at radius 2 is 0.786 bits per heavy atom. The maximum absolute atomic E-state index is 12.3. The average Bonchev–Trinajstić information content (AvgIpc) is 3.15. The zero-order valence-corrected chi connectivity index (χ0v) is 33.3. The molecule has 3 rings (SSSR count). The molecule has 3 aromatic rings. The molecule has 56 heavy (non-hydrogen) atoms. The number of benzene rings is 3. The summed E-state index contributed by atoms with van der Waals surface area (Å²) >= 11 is 0. The Kier molecular flexibility index (Phi) is 18.3. The predicted octanol–water partition coefficient (Wildman–Crippen LogP) is 4.13. The van der Waals surface area contributed by atoms with E-state index in [4.69, 9.17) is 43.0 Å². The van der Waals surface area contributed by atoms with Crippen LogP contribution in [0.2, 0.25) is 0 Å². The lowest BCUT2D eigenvalue weighted by Crippen LogP contribution is -2.52. The van der Waals surface area contributed by atoms with Crippen LogP contribution in [0, 0.1) is 0 Å². The number of aliphatic hydroxyl groups is 4. The molecule has 14 nitrogen and oxygen atoms in total. The van der Waals surface area contributed by atoms with Crippen LogP contribution in [0.5, 0.6) is 17.2 Å². The molecule has 0 aliphatic heterocycles. The third-order valence-corrected chi connectivity index (χ3v) is 8.17. The lowest BCUT2D eigenvalue weighted by molar-refractivity contribution is -0.327. The molecule has 0 radical (unpaired) electrons. The second-order valence-electron chi connectivity index (χ2n) is 14.3. The summed E-state index contributed by atoms with van der Waals surface area (Å²) in [5, 5.41) is 40.3. The van der Waals surface area contributed by atoms with Crippen LogP contribution in [0.3, 0.4) is 0 Å². The molecule has 0 atom stereocenters. The van der Waals surface area contributed by atoms with E-state index in [-0.39, 0.29) is 84.2 Å². The van der Waals surface area contributed by atoms with Crippen molar-refractivity contribution < 1.29 is 67.9 Å². The van der Waals surface area contributed by atoms with Gasteiger partial charge in [-0.25, -0.2) is 0 Å². The van der Waals surface area contributed by atoms with Gasteiger partial charge in [0, 0.05) is 16.7 Å². The summed E-state index contributed by atoms with van der Waals surface area (Å²) in [6, 6.07) is 19.9. The summed E-state index contributed by atoms with van der Waals surface area (Å²) in [5.41, 5.74) is -3.19. The van der Waals surface area contributed by atoms with E-state index >= 15 is 0 Å². The number of carbonyl (C=O) groups excluding carboxylic acids is 2. The zero-order valence-electron chi connectivity index (χ0n) is 33.3. The molecule has 0 aliphatic rings. The Morgan fingerprint density at radius 3 is 1.11 bits per heavy atom. The summed E-state index contributed by atoms with van der Waals surface area (Å²) in [6.45, 7) is 11.0. The maximum atomic E-state index is 12.3. The van der Waals surface area contributed by atoms with E-state index in [1.54, 1.807) is 86.6 Å². The highest BCUT2D eigenvalue weighted by atomic mass is 16.7. The van der Waals surface area contributed by atoms with E-state index < -0.39 is 22.6 Å². The number of ether oxygens (including phenoxy) is 8. The topological polar surface area (TPSA) is 189 Å². The SMILES string of the molecule is CC(C)(O)C(=O)c1ccc(OCCOCCOC(OCCOCCOc2ccc(C(=O)C(C)(C)O)cc2)(c2ccc(OCCOCCO)cc2)C(C)(C)O)cc1. The van der Waals surface area contributed by atoms with Gasteiger partial charge in [-0.05, 0) is 114 Å². The molecule has 0 aliphatic carbocycles. The lowest BCUT2D eigenvalue weighted by atomic mass is 9.89. The van der Waals surface area contributed by atoms with Crippen LogP contribution in [0.15, 0.2) is 72.8 Å². The predicted molar refractivity (Wildman–Crippen MR) is 206 cm³/mol. The fourth-order valence-electron chi connectivity index (χ4n) is 5.31. The molecule has 14 heteroatoms. The van der Waals surface area contributed by atoms with Gasteiger partial charge in [-0.1, -0.05) is 0 Å². The van der Waals surface area contributed by atoms with Gasteiger partial charge in [0.1, 0.15) is 53.9 Å². The minimum absolute atomic E-state index is 0.0487. The van der Waals surface area contributed by atoms with Crippen LogP contribution >= 0.6 is 0 Å². The summed E-state index contributed by atoms with van der Waals surface area (Å²) < 4.78 is 46.5. The standard InChI is InChI=1S/C42H58O14/c1-39(2,46)37(44)31-7-13-34(14-8-31)52-27-22-50-24-29-55-42(41(5,6)48,33-11-17-36(18-12-33)54-26-21-49-20-19-43)56-30-25-51-23-28-53-35-15-9-32(10-16-35)38(45)40(3,4)47/h7-18,43,46-48H,19-30H2,1-6H3. The summed E-state index contributed by atoms with van der Waals surface area (Å²) in [6.07, 6.45) is 0. The summed E-state index contributed by atoms with van der Waals surface area (Å²) in [7, 11) is 0. The molecule has 0 unspecified atom stereocenters. The van der Waals surface area contributed by atoms with Gasteiger partial charge in [0.05, 0.1) is 59.5 Å². The van der Waals surface area contributed by atoms with Crippen molar-refractivity contribution in [2.75, 3.05) is 79.3 Å². The van der Waals surface area contributed by atoms with Gasteiger partial charge < -0.3 is 58.3 Å². The minimum Gasteiger partial charge on any atom is -0.491 e. The van der Waals surface area contributed by atoms with Gasteiger partial charge in [0.25, 0.3) is 0 Å². The number of hydrogen-bond acceptors (Lipinski definition) is 14. The van der Waals surface area contributed by atoms with Crippen LogP contribution in [0.1, 0.15) is 67.8 Å². The highest BCUT2D eigenvalue weighted by Crippen LogP contribution is 2.39. The zero-order chi connectivity index (χ0) is 41.2. The third kappa shape index (κ3) is 14.8. The largest absolute Gasteiger partial charge is 0.491 e. The second-order valence-corrected chi connectivity index (χ2v) is 14.3. The van der Waals surface area contributed by atoms with Crippen LogP contribution in [0.4, 0.5) is 0 Å². The number of hydrogen-bond donors (Lipinski definition) is 4. The number of carbonyl (C=O) groups is 2. The molecule has 0 amide bonds. The van der Waals surface area contributed by atoms with Gasteiger partial charge >= 0.3 is 0 Å². The molecule has 0 aromatic heterocycles. The third-order valence-electron chi connectivity index (χ3n) is 8.17. The van der Waals surface area contributed by atoms with Gasteiger partial charge in [-0.15, -0.1) is 0 Å².